The maximum Gasteiger partial charge on any atom is 0.251 e. The maximum absolute atomic E-state index is 12.1. The molecule has 1 unspecified atom stereocenters. The summed E-state index contributed by atoms with van der Waals surface area (Å²) in [6, 6.07) is 6.71. The summed E-state index contributed by atoms with van der Waals surface area (Å²) in [4.78, 5) is 23.6. The van der Waals surface area contributed by atoms with Gasteiger partial charge in [-0.1, -0.05) is 6.07 Å². The van der Waals surface area contributed by atoms with Gasteiger partial charge in [0.2, 0.25) is 0 Å². The molecule has 0 aromatic heterocycles. The van der Waals surface area contributed by atoms with E-state index in [9.17, 15) is 9.59 Å². The van der Waals surface area contributed by atoms with Crippen LogP contribution in [-0.4, -0.2) is 31.4 Å². The maximum atomic E-state index is 12.1. The lowest BCUT2D eigenvalue weighted by Crippen LogP contribution is -2.41. The fraction of sp³-hybridized carbons (Fsp3) is 0.429. The highest BCUT2D eigenvalue weighted by Crippen LogP contribution is 2.32. The molecule has 4 N–H and O–H groups in total. The van der Waals surface area contributed by atoms with Gasteiger partial charge in [0.1, 0.15) is 0 Å². The van der Waals surface area contributed by atoms with Gasteiger partial charge in [0.25, 0.3) is 11.8 Å². The number of benzene rings is 1. The molecular weight excluding hydrogens is 278 g/mol. The lowest BCUT2D eigenvalue weighted by atomic mass is 10.1. The van der Waals surface area contributed by atoms with Gasteiger partial charge in [-0.3, -0.25) is 9.59 Å². The number of rotatable bonds is 5. The van der Waals surface area contributed by atoms with Crippen LogP contribution in [0.25, 0.3) is 0 Å². The van der Waals surface area contributed by atoms with Gasteiger partial charge >= 0.3 is 0 Å². The number of nitrogens with two attached hydrogens (primary N) is 1. The molecule has 0 heterocycles. The lowest BCUT2D eigenvalue weighted by Gasteiger charge is -2.16. The first-order valence-electron chi connectivity index (χ1n) is 6.48. The van der Waals surface area contributed by atoms with Crippen molar-refractivity contribution in [2.24, 2.45) is 11.7 Å². The molecule has 6 heteroatoms. The first-order chi connectivity index (χ1) is 9.15. The van der Waals surface area contributed by atoms with Crippen LogP contribution in [0.4, 0.5) is 0 Å². The molecule has 1 fully saturated rings. The van der Waals surface area contributed by atoms with Crippen molar-refractivity contribution in [3.05, 3.63) is 35.4 Å². The normalized spacial score (nSPS) is 14.9. The van der Waals surface area contributed by atoms with Crippen LogP contribution < -0.4 is 16.4 Å². The van der Waals surface area contributed by atoms with E-state index in [0.29, 0.717) is 23.6 Å². The molecule has 1 aliphatic carbocycles. The molecule has 1 saturated carbocycles. The second-order valence-corrected chi connectivity index (χ2v) is 4.81. The molecule has 0 radical (unpaired) electrons. The number of halogens is 1. The monoisotopic (exact) mass is 297 g/mol. The van der Waals surface area contributed by atoms with E-state index in [1.165, 1.54) is 0 Å². The van der Waals surface area contributed by atoms with Gasteiger partial charge < -0.3 is 16.4 Å². The van der Waals surface area contributed by atoms with E-state index in [4.69, 9.17) is 5.73 Å². The fourth-order valence-electron chi connectivity index (χ4n) is 2.07. The van der Waals surface area contributed by atoms with Crippen LogP contribution in [0.2, 0.25) is 0 Å². The quantitative estimate of drug-likeness (QED) is 0.756. The molecule has 1 aromatic rings. The predicted octanol–water partition coefficient (Wildman–Crippen LogP) is 0.935. The van der Waals surface area contributed by atoms with Crippen molar-refractivity contribution in [2.75, 3.05) is 13.6 Å². The average Bonchev–Trinajstić information content (AvgIpc) is 3.28. The standard InChI is InChI=1S/C14H19N3O2.ClH/c1-16-13(18)10-3-2-4-11(7-10)14(19)17-12(8-15)9-5-6-9;/h2-4,7,9,12H,5-6,8,15H2,1H3,(H,16,18)(H,17,19);1H. The lowest BCUT2D eigenvalue weighted by molar-refractivity contribution is 0.0933. The molecule has 2 rings (SSSR count). The molecule has 110 valence electrons. The van der Waals surface area contributed by atoms with Crippen LogP contribution in [0.1, 0.15) is 33.6 Å². The Hall–Kier alpha value is -1.59. The molecule has 1 aliphatic rings. The third-order valence-electron chi connectivity index (χ3n) is 3.38. The van der Waals surface area contributed by atoms with Crippen molar-refractivity contribution >= 4 is 24.2 Å². The number of hydrogen-bond donors (Lipinski definition) is 3. The number of carbonyl (C=O) groups excluding carboxylic acids is 2. The van der Waals surface area contributed by atoms with Gasteiger partial charge in [-0.25, -0.2) is 0 Å². The smallest absolute Gasteiger partial charge is 0.251 e. The van der Waals surface area contributed by atoms with E-state index in [2.05, 4.69) is 10.6 Å². The average molecular weight is 298 g/mol. The Bertz CT molecular complexity index is 489. The van der Waals surface area contributed by atoms with E-state index in [1.807, 2.05) is 0 Å². The Labute approximate surface area is 124 Å². The number of carbonyl (C=O) groups is 2. The fourth-order valence-corrected chi connectivity index (χ4v) is 2.07. The summed E-state index contributed by atoms with van der Waals surface area (Å²) in [5.41, 5.74) is 6.62. The topological polar surface area (TPSA) is 84.2 Å². The van der Waals surface area contributed by atoms with Gasteiger partial charge in [0.05, 0.1) is 0 Å². The third kappa shape index (κ3) is 3.95. The molecule has 1 atom stereocenters. The first kappa shape index (κ1) is 16.5. The second-order valence-electron chi connectivity index (χ2n) is 4.81. The van der Waals surface area contributed by atoms with Crippen LogP contribution in [0, 0.1) is 5.92 Å². The van der Waals surface area contributed by atoms with E-state index >= 15 is 0 Å². The molecule has 1 aromatic carbocycles. The molecule has 5 nitrogen and oxygen atoms in total. The predicted molar refractivity (Wildman–Crippen MR) is 80.1 cm³/mol. The minimum atomic E-state index is -0.202. The molecule has 0 spiro atoms. The summed E-state index contributed by atoms with van der Waals surface area (Å²) in [6.45, 7) is 0.450. The summed E-state index contributed by atoms with van der Waals surface area (Å²) >= 11 is 0. The Morgan fingerprint density at radius 1 is 1.30 bits per heavy atom. The van der Waals surface area contributed by atoms with E-state index in [-0.39, 0.29) is 30.3 Å². The highest BCUT2D eigenvalue weighted by atomic mass is 35.5. The van der Waals surface area contributed by atoms with Crippen LogP contribution in [0.5, 0.6) is 0 Å². The second kappa shape index (κ2) is 7.26. The summed E-state index contributed by atoms with van der Waals surface area (Å²) in [6.07, 6.45) is 2.25. The van der Waals surface area contributed by atoms with E-state index < -0.39 is 0 Å². The van der Waals surface area contributed by atoms with Gasteiger partial charge in [0.15, 0.2) is 0 Å². The summed E-state index contributed by atoms with van der Waals surface area (Å²) in [5.74, 6) is 0.136. The SMILES string of the molecule is CNC(=O)c1cccc(C(=O)NC(CN)C2CC2)c1.Cl. The Morgan fingerprint density at radius 2 is 1.90 bits per heavy atom. The van der Waals surface area contributed by atoms with Crippen molar-refractivity contribution in [3.63, 3.8) is 0 Å². The number of hydrogen-bond acceptors (Lipinski definition) is 3. The van der Waals surface area contributed by atoms with Crippen molar-refractivity contribution in [1.29, 1.82) is 0 Å². The van der Waals surface area contributed by atoms with Gasteiger partial charge in [-0.05, 0) is 37.0 Å². The molecule has 0 bridgehead atoms. The Morgan fingerprint density at radius 3 is 2.40 bits per heavy atom. The van der Waals surface area contributed by atoms with Crippen LogP contribution in [0.3, 0.4) is 0 Å². The number of nitrogens with one attached hydrogen (secondary N) is 2. The van der Waals surface area contributed by atoms with E-state index in [0.717, 1.165) is 12.8 Å². The zero-order valence-corrected chi connectivity index (χ0v) is 12.2. The highest BCUT2D eigenvalue weighted by Gasteiger charge is 2.31. The zero-order valence-electron chi connectivity index (χ0n) is 11.4. The minimum Gasteiger partial charge on any atom is -0.355 e. The summed E-state index contributed by atoms with van der Waals surface area (Å²) in [5, 5.41) is 5.47. The summed E-state index contributed by atoms with van der Waals surface area (Å²) in [7, 11) is 1.56. The van der Waals surface area contributed by atoms with Crippen molar-refractivity contribution in [3.8, 4) is 0 Å². The Balaban J connectivity index is 0.00000200. The van der Waals surface area contributed by atoms with Crippen LogP contribution in [-0.2, 0) is 0 Å². The van der Waals surface area contributed by atoms with Gasteiger partial charge in [-0.2, -0.15) is 0 Å². The van der Waals surface area contributed by atoms with E-state index in [1.54, 1.807) is 31.3 Å². The largest absolute Gasteiger partial charge is 0.355 e. The summed E-state index contributed by atoms with van der Waals surface area (Å²) < 4.78 is 0. The van der Waals surface area contributed by atoms with Crippen molar-refractivity contribution in [1.82, 2.24) is 10.6 Å². The first-order valence-corrected chi connectivity index (χ1v) is 6.48. The van der Waals surface area contributed by atoms with Crippen molar-refractivity contribution in [2.45, 2.75) is 18.9 Å². The van der Waals surface area contributed by atoms with Gasteiger partial charge in [0, 0.05) is 30.8 Å². The van der Waals surface area contributed by atoms with Gasteiger partial charge in [-0.15, -0.1) is 12.4 Å². The third-order valence-corrected chi connectivity index (χ3v) is 3.38. The highest BCUT2D eigenvalue weighted by molar-refractivity contribution is 5.99. The molecule has 20 heavy (non-hydrogen) atoms. The molecule has 0 aliphatic heterocycles. The van der Waals surface area contributed by atoms with Crippen molar-refractivity contribution < 1.29 is 9.59 Å². The molecular formula is C14H20ClN3O2. The van der Waals surface area contributed by atoms with Crippen LogP contribution >= 0.6 is 12.4 Å². The van der Waals surface area contributed by atoms with Crippen LogP contribution in [0.15, 0.2) is 24.3 Å². The molecule has 0 saturated heterocycles. The zero-order chi connectivity index (χ0) is 13.8. The molecule has 2 amide bonds. The number of amides is 2. The minimum absolute atomic E-state index is 0. The Kier molecular flexibility index (Phi) is 5.98.